The highest BCUT2D eigenvalue weighted by Gasteiger charge is 2.26. The van der Waals surface area contributed by atoms with E-state index < -0.39 is 10.0 Å². The highest BCUT2D eigenvalue weighted by Crippen LogP contribution is 2.30. The van der Waals surface area contributed by atoms with E-state index in [1.807, 2.05) is 26.0 Å². The third-order valence-corrected chi connectivity index (χ3v) is 5.51. The minimum absolute atomic E-state index is 0.468. The Labute approximate surface area is 109 Å². The van der Waals surface area contributed by atoms with Crippen molar-refractivity contribution in [1.82, 2.24) is 4.31 Å². The van der Waals surface area contributed by atoms with Crippen molar-refractivity contribution >= 4 is 15.7 Å². The van der Waals surface area contributed by atoms with Gasteiger partial charge in [-0.3, -0.25) is 0 Å². The number of nitrogens with one attached hydrogen (secondary N) is 1. The minimum Gasteiger partial charge on any atom is -0.385 e. The lowest BCUT2D eigenvalue weighted by Gasteiger charge is -2.24. The molecule has 1 heterocycles. The molecule has 0 saturated heterocycles. The van der Waals surface area contributed by atoms with Crippen LogP contribution in [0.4, 0.5) is 5.69 Å². The van der Waals surface area contributed by atoms with Gasteiger partial charge in [0.15, 0.2) is 0 Å². The molecule has 0 aliphatic carbocycles. The molecule has 0 bridgehead atoms. The second-order valence-electron chi connectivity index (χ2n) is 4.40. The first-order chi connectivity index (χ1) is 8.61. The number of hydrogen-bond donors (Lipinski definition) is 1. The molecule has 0 aromatic heterocycles. The van der Waals surface area contributed by atoms with Crippen LogP contribution in [-0.2, 0) is 16.4 Å². The van der Waals surface area contributed by atoms with E-state index in [-0.39, 0.29) is 0 Å². The molecule has 0 fully saturated rings. The fraction of sp³-hybridized carbons (Fsp3) is 0.538. The maximum absolute atomic E-state index is 12.6. The Bertz CT molecular complexity index is 522. The van der Waals surface area contributed by atoms with Crippen LogP contribution in [0.25, 0.3) is 0 Å². The number of anilines is 1. The Kier molecular flexibility index (Phi) is 3.92. The maximum Gasteiger partial charge on any atom is 0.243 e. The second-order valence-corrected chi connectivity index (χ2v) is 6.31. The van der Waals surface area contributed by atoms with Crippen LogP contribution in [-0.4, -0.2) is 32.4 Å². The fourth-order valence-electron chi connectivity index (χ4n) is 2.42. The van der Waals surface area contributed by atoms with E-state index >= 15 is 0 Å². The van der Waals surface area contributed by atoms with Gasteiger partial charge in [0.25, 0.3) is 0 Å². The first-order valence-corrected chi connectivity index (χ1v) is 7.91. The van der Waals surface area contributed by atoms with Crippen LogP contribution in [0.2, 0.25) is 0 Å². The van der Waals surface area contributed by atoms with Gasteiger partial charge in [-0.15, -0.1) is 0 Å². The molecule has 1 aliphatic heterocycles. The molecular formula is C13H20N2O2S. The van der Waals surface area contributed by atoms with E-state index in [9.17, 15) is 8.42 Å². The number of fused-ring (bicyclic) bond motifs is 1. The molecule has 2 rings (SSSR count). The van der Waals surface area contributed by atoms with Gasteiger partial charge in [-0.2, -0.15) is 4.31 Å². The highest BCUT2D eigenvalue weighted by molar-refractivity contribution is 7.89. The lowest BCUT2D eigenvalue weighted by Crippen LogP contribution is -2.31. The van der Waals surface area contributed by atoms with Crippen molar-refractivity contribution in [1.29, 1.82) is 0 Å². The Morgan fingerprint density at radius 3 is 2.67 bits per heavy atom. The highest BCUT2D eigenvalue weighted by atomic mass is 32.2. The quantitative estimate of drug-likeness (QED) is 0.909. The first kappa shape index (κ1) is 13.4. The zero-order valence-corrected chi connectivity index (χ0v) is 11.8. The number of nitrogens with zero attached hydrogens (tertiary/aromatic N) is 1. The minimum atomic E-state index is -3.35. The van der Waals surface area contributed by atoms with Crippen molar-refractivity contribution in [2.24, 2.45) is 0 Å². The normalized spacial score (nSPS) is 15.3. The molecular weight excluding hydrogens is 248 g/mol. The monoisotopic (exact) mass is 268 g/mol. The smallest absolute Gasteiger partial charge is 0.243 e. The van der Waals surface area contributed by atoms with Crippen molar-refractivity contribution in [3.8, 4) is 0 Å². The summed E-state index contributed by atoms with van der Waals surface area (Å²) >= 11 is 0. The summed E-state index contributed by atoms with van der Waals surface area (Å²) in [6.45, 7) is 5.68. The van der Waals surface area contributed by atoms with Crippen molar-refractivity contribution in [3.05, 3.63) is 23.8 Å². The summed E-state index contributed by atoms with van der Waals surface area (Å²) in [5.74, 6) is 0. The average Bonchev–Trinajstić information content (AvgIpc) is 2.39. The van der Waals surface area contributed by atoms with Crippen molar-refractivity contribution in [2.45, 2.75) is 31.6 Å². The second kappa shape index (κ2) is 5.28. The van der Waals surface area contributed by atoms with E-state index in [2.05, 4.69) is 5.32 Å². The lowest BCUT2D eigenvalue weighted by atomic mass is 10.0. The summed E-state index contributed by atoms with van der Waals surface area (Å²) in [5.41, 5.74) is 1.91. The van der Waals surface area contributed by atoms with Crippen molar-refractivity contribution < 1.29 is 8.42 Å². The van der Waals surface area contributed by atoms with E-state index in [0.717, 1.165) is 30.6 Å². The maximum atomic E-state index is 12.6. The average molecular weight is 268 g/mol. The van der Waals surface area contributed by atoms with Crippen molar-refractivity contribution in [3.63, 3.8) is 0 Å². The number of benzene rings is 1. The Balaban J connectivity index is 2.51. The van der Waals surface area contributed by atoms with Crippen LogP contribution in [0.5, 0.6) is 0 Å². The standard InChI is InChI=1S/C13H20N2O2S/c1-3-15(4-2)18(16,17)13-9-5-8-12-11(13)7-6-10-14-12/h5,8-9,14H,3-4,6-7,10H2,1-2H3. The Hall–Kier alpha value is -1.07. The van der Waals surface area contributed by atoms with E-state index in [1.165, 1.54) is 4.31 Å². The van der Waals surface area contributed by atoms with Crippen LogP contribution in [0.15, 0.2) is 23.1 Å². The van der Waals surface area contributed by atoms with E-state index in [0.29, 0.717) is 18.0 Å². The molecule has 100 valence electrons. The van der Waals surface area contributed by atoms with Gasteiger partial charge in [0, 0.05) is 25.3 Å². The molecule has 4 nitrogen and oxygen atoms in total. The molecule has 1 aromatic rings. The van der Waals surface area contributed by atoms with Gasteiger partial charge in [0.05, 0.1) is 4.90 Å². The molecule has 1 aliphatic rings. The van der Waals surface area contributed by atoms with Gasteiger partial charge < -0.3 is 5.32 Å². The fourth-order valence-corrected chi connectivity index (χ4v) is 4.15. The summed E-state index contributed by atoms with van der Waals surface area (Å²) in [4.78, 5) is 0.468. The number of sulfonamides is 1. The molecule has 0 amide bonds. The zero-order valence-electron chi connectivity index (χ0n) is 10.9. The van der Waals surface area contributed by atoms with E-state index in [1.54, 1.807) is 6.07 Å². The summed E-state index contributed by atoms with van der Waals surface area (Å²) < 4.78 is 26.6. The number of rotatable bonds is 4. The van der Waals surface area contributed by atoms with Crippen LogP contribution in [0.3, 0.4) is 0 Å². The Morgan fingerprint density at radius 2 is 2.00 bits per heavy atom. The molecule has 0 unspecified atom stereocenters. The summed E-state index contributed by atoms with van der Waals surface area (Å²) in [6, 6.07) is 5.49. The van der Waals surface area contributed by atoms with Crippen molar-refractivity contribution in [2.75, 3.05) is 25.0 Å². The third-order valence-electron chi connectivity index (χ3n) is 3.38. The molecule has 1 N–H and O–H groups in total. The van der Waals surface area contributed by atoms with Crippen LogP contribution in [0, 0.1) is 0 Å². The van der Waals surface area contributed by atoms with Gasteiger partial charge in [-0.1, -0.05) is 19.9 Å². The molecule has 0 radical (unpaired) electrons. The summed E-state index contributed by atoms with van der Waals surface area (Å²) in [5, 5.41) is 3.27. The predicted molar refractivity (Wildman–Crippen MR) is 73.4 cm³/mol. The molecule has 18 heavy (non-hydrogen) atoms. The first-order valence-electron chi connectivity index (χ1n) is 6.47. The van der Waals surface area contributed by atoms with Gasteiger partial charge in [0.2, 0.25) is 10.0 Å². The van der Waals surface area contributed by atoms with Gasteiger partial charge >= 0.3 is 0 Å². The van der Waals surface area contributed by atoms with Crippen LogP contribution in [0.1, 0.15) is 25.8 Å². The zero-order chi connectivity index (χ0) is 13.2. The van der Waals surface area contributed by atoms with Gasteiger partial charge in [-0.05, 0) is 30.5 Å². The molecule has 5 heteroatoms. The Morgan fingerprint density at radius 1 is 1.28 bits per heavy atom. The van der Waals surface area contributed by atoms with E-state index in [4.69, 9.17) is 0 Å². The molecule has 1 aromatic carbocycles. The van der Waals surface area contributed by atoms with Crippen LogP contribution >= 0.6 is 0 Å². The lowest BCUT2D eigenvalue weighted by molar-refractivity contribution is 0.444. The SMILES string of the molecule is CCN(CC)S(=O)(=O)c1cccc2c1CCCN2. The van der Waals surface area contributed by atoms with Gasteiger partial charge in [0.1, 0.15) is 0 Å². The summed E-state index contributed by atoms with van der Waals surface area (Å²) in [7, 11) is -3.35. The summed E-state index contributed by atoms with van der Waals surface area (Å²) in [6.07, 6.45) is 1.82. The van der Waals surface area contributed by atoms with Crippen LogP contribution < -0.4 is 5.32 Å². The third kappa shape index (κ3) is 2.24. The molecule has 0 spiro atoms. The molecule has 0 atom stereocenters. The predicted octanol–water partition coefficient (Wildman–Crippen LogP) is 2.08. The topological polar surface area (TPSA) is 49.4 Å². The molecule has 0 saturated carbocycles. The van der Waals surface area contributed by atoms with Gasteiger partial charge in [-0.25, -0.2) is 8.42 Å². The largest absolute Gasteiger partial charge is 0.385 e. The number of hydrogen-bond acceptors (Lipinski definition) is 3.